The van der Waals surface area contributed by atoms with Gasteiger partial charge in [-0.1, -0.05) is 60.2 Å². The first-order valence-electron chi connectivity index (χ1n) is 10.5. The number of rotatable bonds is 10. The van der Waals surface area contributed by atoms with Crippen LogP contribution in [0.25, 0.3) is 0 Å². The third-order valence-corrected chi connectivity index (χ3v) is 5.64. The van der Waals surface area contributed by atoms with E-state index in [1.807, 2.05) is 68.4 Å². The molecule has 3 aromatic carbocycles. The number of amides is 1. The molecule has 0 fully saturated rings. The third-order valence-electron chi connectivity index (χ3n) is 4.63. The van der Waals surface area contributed by atoms with Crippen LogP contribution in [-0.2, 0) is 14.3 Å². The molecule has 166 valence electrons. The summed E-state index contributed by atoms with van der Waals surface area (Å²) in [6.07, 6.45) is -0.854. The number of carbonyl (C=O) groups is 2. The van der Waals surface area contributed by atoms with Crippen LogP contribution in [0, 0.1) is 6.92 Å². The number of anilines is 1. The molecule has 0 heterocycles. The van der Waals surface area contributed by atoms with Crippen molar-refractivity contribution in [3.63, 3.8) is 0 Å². The molecule has 0 radical (unpaired) electrons. The molecular formula is C26H27NO4S. The Balaban J connectivity index is 1.66. The summed E-state index contributed by atoms with van der Waals surface area (Å²) in [7, 11) is 0. The van der Waals surface area contributed by atoms with Gasteiger partial charge in [-0.3, -0.25) is 9.59 Å². The first-order chi connectivity index (χ1) is 15.6. The summed E-state index contributed by atoms with van der Waals surface area (Å²) in [5.41, 5.74) is 2.33. The topological polar surface area (TPSA) is 64.6 Å². The maximum Gasteiger partial charge on any atom is 0.307 e. The molecule has 3 rings (SSSR count). The zero-order valence-corrected chi connectivity index (χ0v) is 19.1. The van der Waals surface area contributed by atoms with E-state index in [2.05, 4.69) is 5.32 Å². The monoisotopic (exact) mass is 449 g/mol. The minimum absolute atomic E-state index is 0.199. The quantitative estimate of drug-likeness (QED) is 0.313. The fourth-order valence-electron chi connectivity index (χ4n) is 3.03. The predicted octanol–water partition coefficient (Wildman–Crippen LogP) is 5.80. The molecule has 0 saturated carbocycles. The van der Waals surface area contributed by atoms with E-state index in [4.69, 9.17) is 9.47 Å². The van der Waals surface area contributed by atoms with Crippen LogP contribution in [0.15, 0.2) is 83.8 Å². The number of ether oxygens (including phenoxy) is 2. The number of para-hydroxylation sites is 2. The highest BCUT2D eigenvalue weighted by molar-refractivity contribution is 7.99. The van der Waals surface area contributed by atoms with Crippen molar-refractivity contribution in [2.45, 2.75) is 31.3 Å². The van der Waals surface area contributed by atoms with Gasteiger partial charge in [-0.15, -0.1) is 11.8 Å². The normalized spacial score (nSPS) is 11.4. The van der Waals surface area contributed by atoms with Crippen LogP contribution in [0.1, 0.15) is 30.6 Å². The Bertz CT molecular complexity index is 1020. The Morgan fingerprint density at radius 1 is 0.938 bits per heavy atom. The zero-order chi connectivity index (χ0) is 22.8. The fourth-order valence-corrected chi connectivity index (χ4v) is 3.86. The molecule has 32 heavy (non-hydrogen) atoms. The van der Waals surface area contributed by atoms with Gasteiger partial charge in [-0.05, 0) is 38.1 Å². The molecule has 0 spiro atoms. The third kappa shape index (κ3) is 6.89. The van der Waals surface area contributed by atoms with E-state index < -0.39 is 18.0 Å². The molecule has 1 amide bonds. The summed E-state index contributed by atoms with van der Waals surface area (Å²) < 4.78 is 11.2. The summed E-state index contributed by atoms with van der Waals surface area (Å²) in [6.45, 7) is 4.39. The Morgan fingerprint density at radius 3 is 2.34 bits per heavy atom. The number of thioether (sulfide) groups is 1. The standard InChI is InChI=1S/C26H27NO4S/c1-3-30-23-12-8-7-11-22(23)27-26(29)25(20-9-5-4-6-10-20)31-24(28)17-18-32-21-15-13-19(2)14-16-21/h4-16,25H,3,17-18H2,1-2H3,(H,27,29). The van der Waals surface area contributed by atoms with Crippen molar-refractivity contribution in [2.75, 3.05) is 17.7 Å². The minimum atomic E-state index is -1.05. The molecule has 3 aromatic rings. The molecule has 0 aliphatic heterocycles. The molecule has 0 aliphatic rings. The van der Waals surface area contributed by atoms with Crippen molar-refractivity contribution < 1.29 is 19.1 Å². The molecule has 1 N–H and O–H groups in total. The van der Waals surface area contributed by atoms with Gasteiger partial charge in [0.1, 0.15) is 5.75 Å². The van der Waals surface area contributed by atoms with Crippen LogP contribution in [0.2, 0.25) is 0 Å². The predicted molar refractivity (Wildman–Crippen MR) is 128 cm³/mol. The second kappa shape index (κ2) is 12.0. The summed E-state index contributed by atoms with van der Waals surface area (Å²) in [4.78, 5) is 26.7. The SMILES string of the molecule is CCOc1ccccc1NC(=O)C(OC(=O)CCSc1ccc(C)cc1)c1ccccc1. The fraction of sp³-hybridized carbons (Fsp3) is 0.231. The number of hydrogen-bond acceptors (Lipinski definition) is 5. The van der Waals surface area contributed by atoms with Crippen LogP contribution in [-0.4, -0.2) is 24.2 Å². The Kier molecular flexibility index (Phi) is 8.75. The summed E-state index contributed by atoms with van der Waals surface area (Å²) in [6, 6.07) is 24.3. The van der Waals surface area contributed by atoms with E-state index in [-0.39, 0.29) is 6.42 Å². The summed E-state index contributed by atoms with van der Waals surface area (Å²) in [5.74, 6) is 0.281. The first-order valence-corrected chi connectivity index (χ1v) is 11.5. The van der Waals surface area contributed by atoms with Crippen molar-refractivity contribution in [3.05, 3.63) is 90.0 Å². The van der Waals surface area contributed by atoms with Crippen LogP contribution in [0.5, 0.6) is 5.75 Å². The Hall–Kier alpha value is -3.25. The number of aryl methyl sites for hydroxylation is 1. The zero-order valence-electron chi connectivity index (χ0n) is 18.2. The van der Waals surface area contributed by atoms with Gasteiger partial charge in [-0.2, -0.15) is 0 Å². The van der Waals surface area contributed by atoms with Crippen molar-refractivity contribution in [2.24, 2.45) is 0 Å². The number of benzene rings is 3. The lowest BCUT2D eigenvalue weighted by Gasteiger charge is -2.19. The van der Waals surface area contributed by atoms with Crippen LogP contribution in [0.3, 0.4) is 0 Å². The Morgan fingerprint density at radius 2 is 1.62 bits per heavy atom. The number of nitrogens with one attached hydrogen (secondary N) is 1. The van der Waals surface area contributed by atoms with Gasteiger partial charge in [0.05, 0.1) is 18.7 Å². The average Bonchev–Trinajstić information content (AvgIpc) is 2.81. The van der Waals surface area contributed by atoms with Crippen LogP contribution >= 0.6 is 11.8 Å². The molecule has 0 aliphatic carbocycles. The number of hydrogen-bond donors (Lipinski definition) is 1. The van der Waals surface area contributed by atoms with Crippen molar-refractivity contribution >= 4 is 29.3 Å². The van der Waals surface area contributed by atoms with E-state index in [1.165, 1.54) is 5.56 Å². The van der Waals surface area contributed by atoms with E-state index in [0.29, 0.717) is 29.4 Å². The smallest absolute Gasteiger partial charge is 0.307 e. The first kappa shape index (κ1) is 23.4. The maximum atomic E-state index is 13.1. The molecule has 0 bridgehead atoms. The maximum absolute atomic E-state index is 13.1. The van der Waals surface area contributed by atoms with Gasteiger partial charge >= 0.3 is 5.97 Å². The van der Waals surface area contributed by atoms with Crippen molar-refractivity contribution in [3.8, 4) is 5.75 Å². The van der Waals surface area contributed by atoms with E-state index >= 15 is 0 Å². The molecular weight excluding hydrogens is 422 g/mol. The molecule has 6 heteroatoms. The average molecular weight is 450 g/mol. The van der Waals surface area contributed by atoms with Gasteiger partial charge in [0.2, 0.25) is 6.10 Å². The molecule has 5 nitrogen and oxygen atoms in total. The van der Waals surface area contributed by atoms with E-state index in [1.54, 1.807) is 36.0 Å². The summed E-state index contributed by atoms with van der Waals surface area (Å²) >= 11 is 1.58. The Labute approximate surface area is 193 Å². The van der Waals surface area contributed by atoms with Crippen molar-refractivity contribution in [1.29, 1.82) is 0 Å². The lowest BCUT2D eigenvalue weighted by molar-refractivity contribution is -0.154. The van der Waals surface area contributed by atoms with Crippen LogP contribution in [0.4, 0.5) is 5.69 Å². The van der Waals surface area contributed by atoms with Gasteiger partial charge in [0, 0.05) is 16.2 Å². The second-order valence-electron chi connectivity index (χ2n) is 7.11. The summed E-state index contributed by atoms with van der Waals surface area (Å²) in [5, 5.41) is 2.84. The highest BCUT2D eigenvalue weighted by Crippen LogP contribution is 2.27. The van der Waals surface area contributed by atoms with E-state index in [9.17, 15) is 9.59 Å². The lowest BCUT2D eigenvalue weighted by Crippen LogP contribution is -2.26. The molecule has 1 atom stereocenters. The lowest BCUT2D eigenvalue weighted by atomic mass is 10.1. The molecule has 0 aromatic heterocycles. The number of carbonyl (C=O) groups excluding carboxylic acids is 2. The van der Waals surface area contributed by atoms with Gasteiger partial charge in [0.15, 0.2) is 0 Å². The van der Waals surface area contributed by atoms with Gasteiger partial charge < -0.3 is 14.8 Å². The number of esters is 1. The van der Waals surface area contributed by atoms with Gasteiger partial charge in [-0.25, -0.2) is 0 Å². The second-order valence-corrected chi connectivity index (χ2v) is 8.28. The van der Waals surface area contributed by atoms with Crippen molar-refractivity contribution in [1.82, 2.24) is 0 Å². The highest BCUT2D eigenvalue weighted by atomic mass is 32.2. The van der Waals surface area contributed by atoms with E-state index in [0.717, 1.165) is 4.90 Å². The highest BCUT2D eigenvalue weighted by Gasteiger charge is 2.25. The van der Waals surface area contributed by atoms with Gasteiger partial charge in [0.25, 0.3) is 5.91 Å². The van der Waals surface area contributed by atoms with Crippen LogP contribution < -0.4 is 10.1 Å². The largest absolute Gasteiger partial charge is 0.492 e. The molecule has 0 saturated heterocycles. The molecule has 1 unspecified atom stereocenters. The minimum Gasteiger partial charge on any atom is -0.492 e.